The van der Waals surface area contributed by atoms with Gasteiger partial charge in [-0.3, -0.25) is 9.89 Å². The first kappa shape index (κ1) is 29.1. The molecule has 8 nitrogen and oxygen atoms in total. The first-order valence-electron chi connectivity index (χ1n) is 16.1. The molecular weight excluding hydrogens is 528 g/mol. The first-order valence-corrected chi connectivity index (χ1v) is 16.1. The average Bonchev–Trinajstić information content (AvgIpc) is 3.67. The van der Waals surface area contributed by atoms with Crippen molar-refractivity contribution < 1.29 is 19.4 Å². The maximum absolute atomic E-state index is 13.4. The Morgan fingerprint density at radius 3 is 2.48 bits per heavy atom. The van der Waals surface area contributed by atoms with Crippen LogP contribution in [0.2, 0.25) is 0 Å². The van der Waals surface area contributed by atoms with Gasteiger partial charge in [-0.2, -0.15) is 5.10 Å². The van der Waals surface area contributed by atoms with Gasteiger partial charge in [-0.1, -0.05) is 32.1 Å². The van der Waals surface area contributed by atoms with Crippen molar-refractivity contribution in [3.63, 3.8) is 0 Å². The third kappa shape index (κ3) is 6.99. The van der Waals surface area contributed by atoms with Crippen LogP contribution in [0.1, 0.15) is 87.9 Å². The Balaban J connectivity index is 1.09. The van der Waals surface area contributed by atoms with Crippen LogP contribution >= 0.6 is 0 Å². The van der Waals surface area contributed by atoms with Crippen molar-refractivity contribution in [2.75, 3.05) is 26.2 Å². The van der Waals surface area contributed by atoms with Crippen LogP contribution in [0, 0.1) is 0 Å². The molecule has 1 aliphatic heterocycles. The summed E-state index contributed by atoms with van der Waals surface area (Å²) >= 11 is 0. The summed E-state index contributed by atoms with van der Waals surface area (Å²) in [5, 5.41) is 21.5. The molecule has 2 aromatic carbocycles. The number of fused-ring (bicyclic) bond motifs is 1. The van der Waals surface area contributed by atoms with E-state index in [9.17, 15) is 9.90 Å². The van der Waals surface area contributed by atoms with Crippen LogP contribution in [0.5, 0.6) is 5.75 Å². The molecule has 1 aromatic heterocycles. The zero-order valence-electron chi connectivity index (χ0n) is 24.9. The van der Waals surface area contributed by atoms with Crippen LogP contribution in [-0.4, -0.2) is 76.2 Å². The number of H-pyrrole nitrogens is 1. The topological polar surface area (TPSA) is 99.7 Å². The third-order valence-electron chi connectivity index (χ3n) is 9.37. The predicted molar refractivity (Wildman–Crippen MR) is 165 cm³/mol. The number of aliphatic hydroxyl groups excluding tert-OH is 1. The number of carbonyl (C=O) groups is 1. The number of piperidine rings is 1. The molecule has 2 heterocycles. The number of ether oxygens (including phenoxy) is 2. The second-order valence-electron chi connectivity index (χ2n) is 12.8. The summed E-state index contributed by atoms with van der Waals surface area (Å²) in [5.41, 5.74) is 3.11. The largest absolute Gasteiger partial charge is 0.490 e. The van der Waals surface area contributed by atoms with Crippen molar-refractivity contribution in [1.29, 1.82) is 0 Å². The Bertz CT molecular complexity index is 1320. The molecule has 1 saturated heterocycles. The second kappa shape index (κ2) is 13.1. The molecule has 0 spiro atoms. The summed E-state index contributed by atoms with van der Waals surface area (Å²) in [6.45, 7) is 5.01. The van der Waals surface area contributed by atoms with Crippen LogP contribution in [0.4, 0.5) is 0 Å². The number of nitrogens with zero attached hydrogens (tertiary/aromatic N) is 2. The minimum atomic E-state index is -0.298. The fourth-order valence-electron chi connectivity index (χ4n) is 7.08. The average molecular weight is 575 g/mol. The van der Waals surface area contributed by atoms with E-state index in [1.54, 1.807) is 0 Å². The van der Waals surface area contributed by atoms with Crippen molar-refractivity contribution in [2.24, 2.45) is 0 Å². The molecule has 0 unspecified atom stereocenters. The standard InChI is InChI=1S/C34H46N4O4/c1-24(39)22-38-19-15-28(16-20-38)41-27-12-9-25(10-13-27)32-30-21-26(11-14-31(30)36-37-32)33(40)35-23-34(17-5-2-6-18-34)42-29-7-3-4-8-29/h9-14,21,24,28-29,39H,2-8,15-20,22-23H2,1H3,(H,35,40)(H,36,37)/t24-/m1/s1. The lowest BCUT2D eigenvalue weighted by molar-refractivity contribution is -0.108. The van der Waals surface area contributed by atoms with Gasteiger partial charge in [-0.05, 0) is 87.9 Å². The molecule has 3 N–H and O–H groups in total. The van der Waals surface area contributed by atoms with Gasteiger partial charge in [0.1, 0.15) is 11.9 Å². The molecule has 2 aliphatic carbocycles. The van der Waals surface area contributed by atoms with Crippen LogP contribution < -0.4 is 10.1 Å². The molecule has 3 aromatic rings. The van der Waals surface area contributed by atoms with Crippen LogP contribution in [-0.2, 0) is 4.74 Å². The number of benzene rings is 2. The number of rotatable bonds is 10. The number of nitrogens with one attached hydrogen (secondary N) is 2. The normalized spacial score (nSPS) is 21.0. The zero-order valence-corrected chi connectivity index (χ0v) is 24.9. The smallest absolute Gasteiger partial charge is 0.251 e. The SMILES string of the molecule is C[C@@H](O)CN1CCC(Oc2ccc(-c3n[nH]c4ccc(C(=O)NCC5(OC6CCCC6)CCCCC5)cc34)cc2)CC1. The minimum Gasteiger partial charge on any atom is -0.490 e. The monoisotopic (exact) mass is 574 g/mol. The number of aromatic nitrogens is 2. The quantitative estimate of drug-likeness (QED) is 0.281. The third-order valence-corrected chi connectivity index (χ3v) is 9.37. The van der Waals surface area contributed by atoms with Crippen molar-refractivity contribution in [2.45, 2.75) is 101 Å². The molecule has 1 atom stereocenters. The number of aliphatic hydroxyl groups is 1. The highest BCUT2D eigenvalue weighted by molar-refractivity contribution is 6.01. The fraction of sp³-hybridized carbons (Fsp3) is 0.588. The summed E-state index contributed by atoms with van der Waals surface area (Å²) < 4.78 is 13.0. The van der Waals surface area contributed by atoms with Crippen molar-refractivity contribution in [3.8, 4) is 17.0 Å². The summed E-state index contributed by atoms with van der Waals surface area (Å²) in [6.07, 6.45) is 12.6. The molecule has 1 amide bonds. The van der Waals surface area contributed by atoms with Gasteiger partial charge < -0.3 is 24.8 Å². The molecule has 226 valence electrons. The molecule has 0 bridgehead atoms. The molecule has 2 saturated carbocycles. The van der Waals surface area contributed by atoms with Gasteiger partial charge >= 0.3 is 0 Å². The Labute approximate surface area is 249 Å². The molecule has 3 fully saturated rings. The maximum Gasteiger partial charge on any atom is 0.251 e. The summed E-state index contributed by atoms with van der Waals surface area (Å²) in [7, 11) is 0. The summed E-state index contributed by atoms with van der Waals surface area (Å²) in [6, 6.07) is 13.8. The molecule has 8 heteroatoms. The number of aromatic amines is 1. The van der Waals surface area contributed by atoms with Crippen molar-refractivity contribution in [1.82, 2.24) is 20.4 Å². The number of hydrogen-bond acceptors (Lipinski definition) is 6. The molecule has 6 rings (SSSR count). The van der Waals surface area contributed by atoms with Gasteiger partial charge in [0.15, 0.2) is 0 Å². The van der Waals surface area contributed by atoms with Gasteiger partial charge in [0.05, 0.1) is 29.0 Å². The van der Waals surface area contributed by atoms with E-state index in [4.69, 9.17) is 9.47 Å². The van der Waals surface area contributed by atoms with Gasteiger partial charge in [0.25, 0.3) is 5.91 Å². The lowest BCUT2D eigenvalue weighted by Gasteiger charge is -2.39. The number of likely N-dealkylation sites (tertiary alicyclic amines) is 1. The van der Waals surface area contributed by atoms with E-state index in [0.29, 0.717) is 18.2 Å². The highest BCUT2D eigenvalue weighted by Gasteiger charge is 2.36. The lowest BCUT2D eigenvalue weighted by Crippen LogP contribution is -2.48. The number of amides is 1. The van der Waals surface area contributed by atoms with Gasteiger partial charge in [0.2, 0.25) is 0 Å². The van der Waals surface area contributed by atoms with E-state index >= 15 is 0 Å². The molecule has 3 aliphatic rings. The van der Waals surface area contributed by atoms with E-state index in [1.807, 2.05) is 49.4 Å². The van der Waals surface area contributed by atoms with Gasteiger partial charge in [-0.25, -0.2) is 0 Å². The van der Waals surface area contributed by atoms with E-state index in [-0.39, 0.29) is 23.7 Å². The highest BCUT2D eigenvalue weighted by atomic mass is 16.5. The van der Waals surface area contributed by atoms with Gasteiger partial charge in [0, 0.05) is 42.7 Å². The van der Waals surface area contributed by atoms with Crippen molar-refractivity contribution in [3.05, 3.63) is 48.0 Å². The Hall–Kier alpha value is -2.94. The molecule has 42 heavy (non-hydrogen) atoms. The van der Waals surface area contributed by atoms with Crippen LogP contribution in [0.25, 0.3) is 22.2 Å². The zero-order chi connectivity index (χ0) is 28.9. The lowest BCUT2D eigenvalue weighted by atomic mass is 9.84. The van der Waals surface area contributed by atoms with E-state index in [2.05, 4.69) is 20.4 Å². The van der Waals surface area contributed by atoms with Crippen molar-refractivity contribution >= 4 is 16.8 Å². The number of carbonyl (C=O) groups excluding carboxylic acids is 1. The number of β-amino-alcohol motifs (C(OH)–C–C–N with tert-alkyl or cyclic N) is 1. The Morgan fingerprint density at radius 2 is 1.76 bits per heavy atom. The Kier molecular flexibility index (Phi) is 9.12. The number of hydrogen-bond donors (Lipinski definition) is 3. The van der Waals surface area contributed by atoms with Crippen LogP contribution in [0.15, 0.2) is 42.5 Å². The highest BCUT2D eigenvalue weighted by Crippen LogP contribution is 2.36. The van der Waals surface area contributed by atoms with E-state index in [1.165, 1.54) is 32.1 Å². The summed E-state index contributed by atoms with van der Waals surface area (Å²) in [4.78, 5) is 15.7. The van der Waals surface area contributed by atoms with E-state index in [0.717, 1.165) is 86.1 Å². The van der Waals surface area contributed by atoms with Gasteiger partial charge in [-0.15, -0.1) is 0 Å². The first-order chi connectivity index (χ1) is 20.5. The second-order valence-corrected chi connectivity index (χ2v) is 12.8. The molecule has 0 radical (unpaired) electrons. The maximum atomic E-state index is 13.4. The fourth-order valence-corrected chi connectivity index (χ4v) is 7.08. The Morgan fingerprint density at radius 1 is 1.02 bits per heavy atom. The van der Waals surface area contributed by atoms with E-state index < -0.39 is 0 Å². The predicted octanol–water partition coefficient (Wildman–Crippen LogP) is 5.85. The van der Waals surface area contributed by atoms with Crippen LogP contribution in [0.3, 0.4) is 0 Å². The minimum absolute atomic E-state index is 0.0627. The molecular formula is C34H46N4O4. The summed E-state index contributed by atoms with van der Waals surface area (Å²) in [5.74, 6) is 0.788.